The monoisotopic (exact) mass is 359 g/mol. The first kappa shape index (κ1) is 17.5. The Labute approximate surface area is 153 Å². The number of hydrogen-bond donors (Lipinski definition) is 1. The summed E-state index contributed by atoms with van der Waals surface area (Å²) >= 11 is 6.08. The van der Waals surface area contributed by atoms with E-state index >= 15 is 0 Å². The van der Waals surface area contributed by atoms with Crippen molar-refractivity contribution in [2.24, 2.45) is 5.92 Å². The number of pyridine rings is 1. The molecule has 1 aromatic carbocycles. The highest BCUT2D eigenvalue weighted by atomic mass is 35.5. The van der Waals surface area contributed by atoms with Gasteiger partial charge in [-0.3, -0.25) is 4.79 Å². The number of halogens is 1. The maximum atomic E-state index is 12.4. The average Bonchev–Trinajstić information content (AvgIpc) is 2.62. The number of anilines is 2. The lowest BCUT2D eigenvalue weighted by Gasteiger charge is -2.31. The van der Waals surface area contributed by atoms with Crippen LogP contribution in [0.2, 0.25) is 5.02 Å². The zero-order valence-corrected chi connectivity index (χ0v) is 15.2. The van der Waals surface area contributed by atoms with E-state index < -0.39 is 0 Å². The number of amides is 1. The van der Waals surface area contributed by atoms with Gasteiger partial charge in [0.2, 0.25) is 0 Å². The highest BCUT2D eigenvalue weighted by Crippen LogP contribution is 2.27. The molecule has 0 aliphatic carbocycles. The van der Waals surface area contributed by atoms with Gasteiger partial charge in [-0.25, -0.2) is 4.98 Å². The number of hydrogen-bond acceptors (Lipinski definition) is 4. The van der Waals surface area contributed by atoms with Gasteiger partial charge in [-0.1, -0.05) is 18.5 Å². The lowest BCUT2D eigenvalue weighted by atomic mass is 10.0. The maximum absolute atomic E-state index is 12.4. The quantitative estimate of drug-likeness (QED) is 0.887. The minimum atomic E-state index is -0.215. The summed E-state index contributed by atoms with van der Waals surface area (Å²) in [5.41, 5.74) is 1.13. The van der Waals surface area contributed by atoms with E-state index in [9.17, 15) is 4.79 Å². The zero-order chi connectivity index (χ0) is 17.8. The molecule has 2 aromatic rings. The first-order valence-electron chi connectivity index (χ1n) is 8.42. The van der Waals surface area contributed by atoms with E-state index in [0.29, 0.717) is 27.9 Å². The van der Waals surface area contributed by atoms with Crippen LogP contribution < -0.4 is 15.0 Å². The van der Waals surface area contributed by atoms with Crippen molar-refractivity contribution in [1.29, 1.82) is 0 Å². The summed E-state index contributed by atoms with van der Waals surface area (Å²) in [6, 6.07) is 8.85. The van der Waals surface area contributed by atoms with Crippen molar-refractivity contribution >= 4 is 29.0 Å². The molecule has 1 aliphatic heterocycles. The normalized spacial score (nSPS) is 17.2. The number of piperidine rings is 1. The van der Waals surface area contributed by atoms with Crippen LogP contribution in [0.5, 0.6) is 5.75 Å². The van der Waals surface area contributed by atoms with E-state index in [4.69, 9.17) is 16.3 Å². The number of ether oxygens (including phenoxy) is 1. The van der Waals surface area contributed by atoms with E-state index in [1.807, 2.05) is 12.1 Å². The van der Waals surface area contributed by atoms with E-state index in [1.165, 1.54) is 12.8 Å². The molecule has 1 N–H and O–H groups in total. The molecule has 1 unspecified atom stereocenters. The third-order valence-corrected chi connectivity index (χ3v) is 4.70. The van der Waals surface area contributed by atoms with Gasteiger partial charge in [0, 0.05) is 25.0 Å². The second-order valence-electron chi connectivity index (χ2n) is 6.40. The minimum Gasteiger partial charge on any atom is -0.495 e. The third kappa shape index (κ3) is 4.23. The first-order chi connectivity index (χ1) is 12.1. The number of carbonyl (C=O) groups excluding carboxylic acids is 1. The van der Waals surface area contributed by atoms with E-state index in [1.54, 1.807) is 31.5 Å². The highest BCUT2D eigenvalue weighted by Gasteiger charge is 2.18. The lowest BCUT2D eigenvalue weighted by molar-refractivity contribution is 0.102. The van der Waals surface area contributed by atoms with Crippen molar-refractivity contribution in [3.63, 3.8) is 0 Å². The van der Waals surface area contributed by atoms with Crippen LogP contribution in [0.1, 0.15) is 30.1 Å². The SMILES string of the molecule is COc1ccc(NC(=O)c2ccc(N3CCCC(C)C3)nc2)cc1Cl. The Morgan fingerprint density at radius 1 is 1.36 bits per heavy atom. The Morgan fingerprint density at radius 2 is 2.20 bits per heavy atom. The molecule has 132 valence electrons. The van der Waals surface area contributed by atoms with Crippen LogP contribution in [0.3, 0.4) is 0 Å². The van der Waals surface area contributed by atoms with Crippen molar-refractivity contribution in [2.45, 2.75) is 19.8 Å². The van der Waals surface area contributed by atoms with E-state index in [2.05, 4.69) is 22.1 Å². The fourth-order valence-corrected chi connectivity index (χ4v) is 3.31. The number of rotatable bonds is 4. The summed E-state index contributed by atoms with van der Waals surface area (Å²) in [6.07, 6.45) is 4.07. The fourth-order valence-electron chi connectivity index (χ4n) is 3.05. The summed E-state index contributed by atoms with van der Waals surface area (Å²) < 4.78 is 5.11. The molecule has 0 spiro atoms. The zero-order valence-electron chi connectivity index (χ0n) is 14.5. The molecule has 1 saturated heterocycles. The highest BCUT2D eigenvalue weighted by molar-refractivity contribution is 6.32. The maximum Gasteiger partial charge on any atom is 0.257 e. The summed E-state index contributed by atoms with van der Waals surface area (Å²) in [6.45, 7) is 4.30. The number of carbonyl (C=O) groups is 1. The van der Waals surface area contributed by atoms with Crippen LogP contribution in [-0.2, 0) is 0 Å². The molecule has 0 saturated carbocycles. The topological polar surface area (TPSA) is 54.5 Å². The number of benzene rings is 1. The molecule has 1 amide bonds. The average molecular weight is 360 g/mol. The van der Waals surface area contributed by atoms with Gasteiger partial charge in [0.25, 0.3) is 5.91 Å². The predicted octanol–water partition coefficient (Wildman–Crippen LogP) is 4.23. The van der Waals surface area contributed by atoms with E-state index in [-0.39, 0.29) is 5.91 Å². The number of nitrogens with zero attached hydrogens (tertiary/aromatic N) is 2. The van der Waals surface area contributed by atoms with Crippen molar-refractivity contribution in [1.82, 2.24) is 4.98 Å². The molecule has 1 aliphatic rings. The molecule has 0 bridgehead atoms. The molecule has 2 heterocycles. The lowest BCUT2D eigenvalue weighted by Crippen LogP contribution is -2.34. The van der Waals surface area contributed by atoms with Gasteiger partial charge in [-0.15, -0.1) is 0 Å². The molecular weight excluding hydrogens is 338 g/mol. The van der Waals surface area contributed by atoms with Crippen LogP contribution in [0.4, 0.5) is 11.5 Å². The van der Waals surface area contributed by atoms with Gasteiger partial charge in [-0.05, 0) is 49.1 Å². The summed E-state index contributed by atoms with van der Waals surface area (Å²) in [7, 11) is 1.55. The smallest absolute Gasteiger partial charge is 0.257 e. The number of nitrogens with one attached hydrogen (secondary N) is 1. The van der Waals surface area contributed by atoms with Crippen LogP contribution in [0, 0.1) is 5.92 Å². The second-order valence-corrected chi connectivity index (χ2v) is 6.81. The Kier molecular flexibility index (Phi) is 5.43. The van der Waals surface area contributed by atoms with Crippen molar-refractivity contribution in [3.05, 3.63) is 47.1 Å². The van der Waals surface area contributed by atoms with Gasteiger partial charge in [0.15, 0.2) is 0 Å². The molecule has 1 atom stereocenters. The van der Waals surface area contributed by atoms with Gasteiger partial charge in [0.1, 0.15) is 11.6 Å². The summed E-state index contributed by atoms with van der Waals surface area (Å²) in [4.78, 5) is 19.1. The number of aromatic nitrogens is 1. The second kappa shape index (κ2) is 7.74. The molecule has 1 aromatic heterocycles. The first-order valence-corrected chi connectivity index (χ1v) is 8.80. The molecule has 1 fully saturated rings. The standard InChI is InChI=1S/C19H22ClN3O2/c1-13-4-3-9-23(12-13)18-8-5-14(11-21-18)19(24)22-15-6-7-17(25-2)16(20)10-15/h5-8,10-11,13H,3-4,9,12H2,1-2H3,(H,22,24). The minimum absolute atomic E-state index is 0.215. The Hall–Kier alpha value is -2.27. The van der Waals surface area contributed by atoms with Crippen molar-refractivity contribution in [2.75, 3.05) is 30.4 Å². The fraction of sp³-hybridized carbons (Fsp3) is 0.368. The van der Waals surface area contributed by atoms with Gasteiger partial charge in [-0.2, -0.15) is 0 Å². The summed E-state index contributed by atoms with van der Waals surface area (Å²) in [5.74, 6) is 1.96. The van der Waals surface area contributed by atoms with Crippen LogP contribution in [0.15, 0.2) is 36.5 Å². The molecule has 0 radical (unpaired) electrons. The van der Waals surface area contributed by atoms with Crippen LogP contribution >= 0.6 is 11.6 Å². The van der Waals surface area contributed by atoms with Crippen LogP contribution in [0.25, 0.3) is 0 Å². The van der Waals surface area contributed by atoms with Gasteiger partial charge >= 0.3 is 0 Å². The Balaban J connectivity index is 1.67. The Bertz CT molecular complexity index is 749. The third-order valence-electron chi connectivity index (χ3n) is 4.40. The van der Waals surface area contributed by atoms with Gasteiger partial charge < -0.3 is 15.0 Å². The predicted molar refractivity (Wildman–Crippen MR) is 101 cm³/mol. The molecule has 5 nitrogen and oxygen atoms in total. The molecule has 25 heavy (non-hydrogen) atoms. The van der Waals surface area contributed by atoms with Crippen molar-refractivity contribution in [3.8, 4) is 5.75 Å². The molecule has 3 rings (SSSR count). The Morgan fingerprint density at radius 3 is 2.84 bits per heavy atom. The van der Waals surface area contributed by atoms with Crippen LogP contribution in [-0.4, -0.2) is 31.1 Å². The number of methoxy groups -OCH3 is 1. The van der Waals surface area contributed by atoms with Crippen molar-refractivity contribution < 1.29 is 9.53 Å². The summed E-state index contributed by atoms with van der Waals surface area (Å²) in [5, 5.41) is 3.28. The largest absolute Gasteiger partial charge is 0.495 e. The van der Waals surface area contributed by atoms with E-state index in [0.717, 1.165) is 18.9 Å². The molecule has 6 heteroatoms. The van der Waals surface area contributed by atoms with Gasteiger partial charge in [0.05, 0.1) is 17.7 Å². The molecular formula is C19H22ClN3O2.